The first-order chi connectivity index (χ1) is 13.9. The molecule has 1 unspecified atom stereocenters. The van der Waals surface area contributed by atoms with E-state index in [2.05, 4.69) is 42.8 Å². The normalized spacial score (nSPS) is 49.9. The minimum Gasteiger partial charge on any atom is -0.462 e. The van der Waals surface area contributed by atoms with Crippen molar-refractivity contribution in [3.63, 3.8) is 0 Å². The molecule has 4 rings (SSSR count). The molecule has 0 aliphatic heterocycles. The van der Waals surface area contributed by atoms with Crippen molar-refractivity contribution in [2.24, 2.45) is 34.5 Å². The van der Waals surface area contributed by atoms with Crippen molar-refractivity contribution in [3.8, 4) is 0 Å². The molecule has 3 saturated carbocycles. The first-order valence-electron chi connectivity index (χ1n) is 11.4. The summed E-state index contributed by atoms with van der Waals surface area (Å²) in [6, 6.07) is 0. The summed E-state index contributed by atoms with van der Waals surface area (Å²) >= 11 is 4.01. The van der Waals surface area contributed by atoms with Crippen LogP contribution < -0.4 is 0 Å². The number of hydrogen-bond donors (Lipinski definition) is 1. The van der Waals surface area contributed by atoms with E-state index in [4.69, 9.17) is 9.47 Å². The van der Waals surface area contributed by atoms with Crippen molar-refractivity contribution in [2.45, 2.75) is 89.7 Å². The molecule has 0 radical (unpaired) electrons. The summed E-state index contributed by atoms with van der Waals surface area (Å²) < 4.78 is 10.7. The summed E-state index contributed by atoms with van der Waals surface area (Å²) in [4.78, 5) is 23.2. The van der Waals surface area contributed by atoms with Crippen LogP contribution in [0.5, 0.6) is 0 Å². The van der Waals surface area contributed by atoms with Crippen LogP contribution in [0, 0.1) is 34.5 Å². The van der Waals surface area contributed by atoms with Crippen LogP contribution in [0.2, 0.25) is 0 Å². The highest BCUT2D eigenvalue weighted by Gasteiger charge is 2.68. The zero-order chi connectivity index (χ0) is 22.1. The van der Waals surface area contributed by atoms with Crippen molar-refractivity contribution in [1.82, 2.24) is 0 Å². The number of aliphatic hydroxyl groups is 1. The molecule has 0 heterocycles. The Balaban J connectivity index is 1.69. The van der Waals surface area contributed by atoms with Crippen LogP contribution in [0.1, 0.15) is 73.1 Å². The lowest BCUT2D eigenvalue weighted by Crippen LogP contribution is -2.66. The highest BCUT2D eigenvalue weighted by atomic mass is 79.9. The maximum absolute atomic E-state index is 11.7. The lowest BCUT2D eigenvalue weighted by atomic mass is 9.43. The van der Waals surface area contributed by atoms with Crippen molar-refractivity contribution in [1.29, 1.82) is 0 Å². The molecule has 0 aromatic rings. The van der Waals surface area contributed by atoms with Gasteiger partial charge in [0.1, 0.15) is 11.9 Å². The summed E-state index contributed by atoms with van der Waals surface area (Å²) in [5, 5.41) is 11.5. The Morgan fingerprint density at radius 3 is 2.47 bits per heavy atom. The molecule has 9 atom stereocenters. The summed E-state index contributed by atoms with van der Waals surface area (Å²) in [5.74, 6) is 1.64. The monoisotopic (exact) mass is 482 g/mol. The van der Waals surface area contributed by atoms with Crippen LogP contribution in [-0.2, 0) is 19.1 Å². The third-order valence-electron chi connectivity index (χ3n) is 9.44. The molecule has 6 heteroatoms. The van der Waals surface area contributed by atoms with Gasteiger partial charge in [-0.1, -0.05) is 36.7 Å². The van der Waals surface area contributed by atoms with Gasteiger partial charge in [-0.25, -0.2) is 0 Å². The van der Waals surface area contributed by atoms with E-state index < -0.39 is 10.4 Å². The molecule has 1 N–H and O–H groups in total. The molecule has 168 valence electrons. The van der Waals surface area contributed by atoms with Crippen LogP contribution in [0.3, 0.4) is 0 Å². The van der Waals surface area contributed by atoms with E-state index in [1.54, 1.807) is 0 Å². The number of carbonyl (C=O) groups is 2. The highest BCUT2D eigenvalue weighted by molar-refractivity contribution is 9.10. The molecule has 0 saturated heterocycles. The molecule has 0 spiro atoms. The molecular formula is C24H35BrO5. The minimum absolute atomic E-state index is 0.00806. The summed E-state index contributed by atoms with van der Waals surface area (Å²) in [5.41, 5.74) is -0.161. The smallest absolute Gasteiger partial charge is 0.307 e. The van der Waals surface area contributed by atoms with Gasteiger partial charge in [-0.15, -0.1) is 0 Å². The Morgan fingerprint density at radius 2 is 1.83 bits per heavy atom. The largest absolute Gasteiger partial charge is 0.462 e. The van der Waals surface area contributed by atoms with Crippen LogP contribution in [0.15, 0.2) is 11.8 Å². The number of allylic oxidation sites excluding steroid dienone is 2. The fourth-order valence-electron chi connectivity index (χ4n) is 7.86. The van der Waals surface area contributed by atoms with Crippen molar-refractivity contribution in [3.05, 3.63) is 11.8 Å². The van der Waals surface area contributed by atoms with Gasteiger partial charge in [0.15, 0.2) is 0 Å². The Bertz CT molecular complexity index is 780. The standard InChI is InChI=1S/C24H35BrO5/c1-13-10-16(29-14(2)26)12-24(25)20(28)11-17-18-6-7-21(30-15(3)27)22(18,4)9-8-19(17)23(13,24)5/h10,13,17-21,28H,6-9,11-12H2,1-5H3/t13-,17+,18+,19+,20-,21?,22+,23-,24+/m1/s1. The summed E-state index contributed by atoms with van der Waals surface area (Å²) in [6.07, 6.45) is 6.89. The Hall–Kier alpha value is -0.880. The number of halogens is 1. The number of rotatable bonds is 2. The van der Waals surface area contributed by atoms with Gasteiger partial charge in [0.2, 0.25) is 0 Å². The van der Waals surface area contributed by atoms with Crippen LogP contribution in [-0.4, -0.2) is 33.6 Å². The van der Waals surface area contributed by atoms with Gasteiger partial charge in [-0.3, -0.25) is 9.59 Å². The lowest BCUT2D eigenvalue weighted by Gasteiger charge is -2.66. The second-order valence-corrected chi connectivity index (χ2v) is 12.1. The highest BCUT2D eigenvalue weighted by Crippen LogP contribution is 2.70. The fraction of sp³-hybridized carbons (Fsp3) is 0.833. The van der Waals surface area contributed by atoms with E-state index in [0.29, 0.717) is 29.9 Å². The molecule has 0 aromatic heterocycles. The van der Waals surface area contributed by atoms with E-state index in [9.17, 15) is 14.7 Å². The van der Waals surface area contributed by atoms with Gasteiger partial charge in [-0.05, 0) is 67.3 Å². The summed E-state index contributed by atoms with van der Waals surface area (Å²) in [7, 11) is 0. The number of carbonyl (C=O) groups excluding carboxylic acids is 2. The number of esters is 2. The maximum Gasteiger partial charge on any atom is 0.307 e. The van der Waals surface area contributed by atoms with Crippen LogP contribution in [0.4, 0.5) is 0 Å². The van der Waals surface area contributed by atoms with Gasteiger partial charge in [0, 0.05) is 25.7 Å². The van der Waals surface area contributed by atoms with Crippen molar-refractivity contribution in [2.75, 3.05) is 0 Å². The second kappa shape index (κ2) is 7.33. The van der Waals surface area contributed by atoms with Gasteiger partial charge < -0.3 is 14.6 Å². The molecule has 30 heavy (non-hydrogen) atoms. The number of aliphatic hydroxyl groups excluding tert-OH is 1. The van der Waals surface area contributed by atoms with Gasteiger partial charge in [0.25, 0.3) is 0 Å². The number of ether oxygens (including phenoxy) is 2. The van der Waals surface area contributed by atoms with E-state index in [-0.39, 0.29) is 34.8 Å². The van der Waals surface area contributed by atoms with Crippen molar-refractivity contribution < 1.29 is 24.2 Å². The SMILES string of the molecule is CC(=O)OC1=C[C@@H](C)[C@]2(C)[C@H]3CC[C@]4(C)C(OC(C)=O)CC[C@H]4[C@@H]3C[C@@H](O)[C@@]2(Br)C1. The zero-order valence-electron chi connectivity index (χ0n) is 18.7. The Labute approximate surface area is 188 Å². The number of alkyl halides is 1. The van der Waals surface area contributed by atoms with Crippen LogP contribution in [0.25, 0.3) is 0 Å². The quantitative estimate of drug-likeness (QED) is 0.453. The number of hydrogen-bond acceptors (Lipinski definition) is 5. The average Bonchev–Trinajstić information content (AvgIpc) is 2.94. The first-order valence-corrected chi connectivity index (χ1v) is 12.2. The Kier molecular flexibility index (Phi) is 5.45. The molecule has 0 amide bonds. The third kappa shape index (κ3) is 3.03. The first kappa shape index (κ1) is 22.3. The molecule has 3 fully saturated rings. The molecule has 4 aliphatic carbocycles. The summed E-state index contributed by atoms with van der Waals surface area (Å²) in [6.45, 7) is 9.73. The molecule has 0 bridgehead atoms. The molecule has 4 aliphatic rings. The number of fused-ring (bicyclic) bond motifs is 5. The second-order valence-electron chi connectivity index (χ2n) is 10.7. The van der Waals surface area contributed by atoms with Gasteiger partial charge in [-0.2, -0.15) is 0 Å². The topological polar surface area (TPSA) is 72.8 Å². The predicted octanol–water partition coefficient (Wildman–Crippen LogP) is 4.75. The third-order valence-corrected chi connectivity index (χ3v) is 11.1. The van der Waals surface area contributed by atoms with Gasteiger partial charge in [0.05, 0.1) is 10.4 Å². The van der Waals surface area contributed by atoms with E-state index >= 15 is 0 Å². The molecular weight excluding hydrogens is 448 g/mol. The van der Waals surface area contributed by atoms with Crippen LogP contribution >= 0.6 is 15.9 Å². The minimum atomic E-state index is -0.527. The van der Waals surface area contributed by atoms with E-state index in [0.717, 1.165) is 32.1 Å². The predicted molar refractivity (Wildman–Crippen MR) is 117 cm³/mol. The van der Waals surface area contributed by atoms with Crippen molar-refractivity contribution >= 4 is 27.9 Å². The maximum atomic E-state index is 11.7. The fourth-order valence-corrected chi connectivity index (χ4v) is 8.98. The zero-order valence-corrected chi connectivity index (χ0v) is 20.3. The van der Waals surface area contributed by atoms with E-state index in [1.165, 1.54) is 13.8 Å². The Morgan fingerprint density at radius 1 is 1.13 bits per heavy atom. The molecule has 0 aromatic carbocycles. The van der Waals surface area contributed by atoms with Gasteiger partial charge >= 0.3 is 11.9 Å². The lowest BCUT2D eigenvalue weighted by molar-refractivity contribution is -0.169. The average molecular weight is 483 g/mol. The van der Waals surface area contributed by atoms with E-state index in [1.807, 2.05) is 0 Å². The molecule has 5 nitrogen and oxygen atoms in total.